The van der Waals surface area contributed by atoms with E-state index in [-0.39, 0.29) is 17.4 Å². The van der Waals surface area contributed by atoms with Gasteiger partial charge < -0.3 is 15.8 Å². The van der Waals surface area contributed by atoms with Crippen molar-refractivity contribution >= 4 is 17.8 Å². The second kappa shape index (κ2) is 8.94. The van der Waals surface area contributed by atoms with Crippen molar-refractivity contribution in [3.63, 3.8) is 0 Å². The normalized spacial score (nSPS) is 11.8. The molecule has 22 heavy (non-hydrogen) atoms. The second-order valence-electron chi connectivity index (χ2n) is 5.22. The van der Waals surface area contributed by atoms with Crippen molar-refractivity contribution in [1.82, 2.24) is 5.32 Å². The van der Waals surface area contributed by atoms with Crippen molar-refractivity contribution in [2.45, 2.75) is 32.7 Å². The molecule has 6 nitrogen and oxygen atoms in total. The predicted octanol–water partition coefficient (Wildman–Crippen LogP) is 1.25. The second-order valence-corrected chi connectivity index (χ2v) is 5.22. The van der Waals surface area contributed by atoms with Crippen LogP contribution in [0.3, 0.4) is 0 Å². The Labute approximate surface area is 130 Å². The summed E-state index contributed by atoms with van der Waals surface area (Å²) in [5, 5.41) is 2.59. The summed E-state index contributed by atoms with van der Waals surface area (Å²) in [6, 6.07) is 7.34. The van der Waals surface area contributed by atoms with Crippen LogP contribution in [0.15, 0.2) is 30.3 Å². The lowest BCUT2D eigenvalue weighted by atomic mass is 10.1. The molecule has 0 aliphatic rings. The van der Waals surface area contributed by atoms with Crippen LogP contribution in [-0.2, 0) is 14.3 Å². The molecule has 1 aromatic carbocycles. The highest BCUT2D eigenvalue weighted by Gasteiger charge is 2.25. The third-order valence-corrected chi connectivity index (χ3v) is 3.03. The highest BCUT2D eigenvalue weighted by Crippen LogP contribution is 2.06. The number of amides is 1. The van der Waals surface area contributed by atoms with E-state index in [4.69, 9.17) is 10.5 Å². The Kier molecular flexibility index (Phi) is 7.25. The number of nitrogens with two attached hydrogens (primary N) is 1. The summed E-state index contributed by atoms with van der Waals surface area (Å²) in [5.41, 5.74) is 5.71. The van der Waals surface area contributed by atoms with Crippen LogP contribution in [0.1, 0.15) is 37.0 Å². The first-order chi connectivity index (χ1) is 10.5. The van der Waals surface area contributed by atoms with Gasteiger partial charge in [0.05, 0.1) is 5.56 Å². The molecule has 1 aromatic rings. The Bertz CT molecular complexity index is 514. The Hall–Kier alpha value is -2.21. The largest absolute Gasteiger partial charge is 0.388 e. The molecule has 0 saturated carbocycles. The molecule has 0 radical (unpaired) electrons. The van der Waals surface area contributed by atoms with E-state index >= 15 is 0 Å². The SMILES string of the molecule is CC(C)C(=O)N[C@@H](CCCN)C(=O)OC(=O)c1ccccc1. The fourth-order valence-electron chi connectivity index (χ4n) is 1.70. The van der Waals surface area contributed by atoms with Crippen molar-refractivity contribution < 1.29 is 19.1 Å². The van der Waals surface area contributed by atoms with Gasteiger partial charge in [-0.3, -0.25) is 4.79 Å². The van der Waals surface area contributed by atoms with E-state index in [0.29, 0.717) is 19.4 Å². The predicted molar refractivity (Wildman–Crippen MR) is 81.9 cm³/mol. The Balaban J connectivity index is 2.70. The molecule has 0 unspecified atom stereocenters. The van der Waals surface area contributed by atoms with E-state index in [9.17, 15) is 14.4 Å². The van der Waals surface area contributed by atoms with Crippen molar-refractivity contribution in [3.8, 4) is 0 Å². The van der Waals surface area contributed by atoms with Crippen molar-refractivity contribution in [3.05, 3.63) is 35.9 Å². The van der Waals surface area contributed by atoms with E-state index in [1.54, 1.807) is 44.2 Å². The van der Waals surface area contributed by atoms with Gasteiger partial charge in [0.1, 0.15) is 6.04 Å². The molecular formula is C16H22N2O4. The molecule has 0 fully saturated rings. The minimum absolute atomic E-state index is 0.266. The van der Waals surface area contributed by atoms with Crippen LogP contribution in [0.2, 0.25) is 0 Å². The number of nitrogens with one attached hydrogen (secondary N) is 1. The van der Waals surface area contributed by atoms with Crippen LogP contribution in [0.25, 0.3) is 0 Å². The van der Waals surface area contributed by atoms with Crippen LogP contribution in [-0.4, -0.2) is 30.4 Å². The summed E-state index contributed by atoms with van der Waals surface area (Å²) in [6.07, 6.45) is 0.869. The minimum Gasteiger partial charge on any atom is -0.388 e. The average Bonchev–Trinajstić information content (AvgIpc) is 2.51. The first-order valence-electron chi connectivity index (χ1n) is 7.27. The summed E-state index contributed by atoms with van der Waals surface area (Å²) in [7, 11) is 0. The molecule has 1 atom stereocenters. The molecule has 0 aromatic heterocycles. The van der Waals surface area contributed by atoms with Crippen LogP contribution in [0.5, 0.6) is 0 Å². The van der Waals surface area contributed by atoms with Gasteiger partial charge in [-0.15, -0.1) is 0 Å². The lowest BCUT2D eigenvalue weighted by Crippen LogP contribution is -2.44. The maximum atomic E-state index is 12.1. The lowest BCUT2D eigenvalue weighted by Gasteiger charge is -2.18. The Morgan fingerprint density at radius 3 is 2.36 bits per heavy atom. The van der Waals surface area contributed by atoms with Crippen molar-refractivity contribution in [2.75, 3.05) is 6.54 Å². The maximum absolute atomic E-state index is 12.1. The van der Waals surface area contributed by atoms with Gasteiger partial charge >= 0.3 is 11.9 Å². The fourth-order valence-corrected chi connectivity index (χ4v) is 1.70. The fraction of sp³-hybridized carbons (Fsp3) is 0.438. The van der Waals surface area contributed by atoms with E-state index in [1.807, 2.05) is 0 Å². The van der Waals surface area contributed by atoms with Crippen LogP contribution < -0.4 is 11.1 Å². The molecule has 0 spiro atoms. The molecule has 0 aliphatic carbocycles. The smallest absolute Gasteiger partial charge is 0.345 e. The molecule has 0 heterocycles. The number of rotatable bonds is 7. The van der Waals surface area contributed by atoms with Gasteiger partial charge in [-0.2, -0.15) is 0 Å². The Morgan fingerprint density at radius 1 is 1.18 bits per heavy atom. The number of ether oxygens (including phenoxy) is 1. The summed E-state index contributed by atoms with van der Waals surface area (Å²) < 4.78 is 4.84. The number of carbonyl (C=O) groups is 3. The molecule has 0 saturated heterocycles. The summed E-state index contributed by atoms with van der Waals surface area (Å²) in [4.78, 5) is 35.7. The van der Waals surface area contributed by atoms with Crippen LogP contribution in [0, 0.1) is 5.92 Å². The third kappa shape index (κ3) is 5.65. The van der Waals surface area contributed by atoms with Crippen LogP contribution >= 0.6 is 0 Å². The monoisotopic (exact) mass is 306 g/mol. The van der Waals surface area contributed by atoms with E-state index in [0.717, 1.165) is 0 Å². The highest BCUT2D eigenvalue weighted by molar-refractivity contribution is 5.99. The molecular weight excluding hydrogens is 284 g/mol. The molecule has 3 N–H and O–H groups in total. The van der Waals surface area contributed by atoms with Gasteiger partial charge in [0.15, 0.2) is 0 Å². The van der Waals surface area contributed by atoms with Gasteiger partial charge in [-0.25, -0.2) is 9.59 Å². The van der Waals surface area contributed by atoms with Gasteiger partial charge in [0.2, 0.25) is 5.91 Å². The average molecular weight is 306 g/mol. The third-order valence-electron chi connectivity index (χ3n) is 3.03. The lowest BCUT2D eigenvalue weighted by molar-refractivity contribution is -0.143. The molecule has 1 rings (SSSR count). The van der Waals surface area contributed by atoms with Crippen LogP contribution in [0.4, 0.5) is 0 Å². The molecule has 120 valence electrons. The number of hydrogen-bond acceptors (Lipinski definition) is 5. The van der Waals surface area contributed by atoms with Gasteiger partial charge in [0.25, 0.3) is 0 Å². The van der Waals surface area contributed by atoms with Crippen molar-refractivity contribution in [2.24, 2.45) is 11.7 Å². The van der Waals surface area contributed by atoms with Gasteiger partial charge in [-0.1, -0.05) is 32.0 Å². The number of benzene rings is 1. The minimum atomic E-state index is -0.869. The van der Waals surface area contributed by atoms with E-state index in [2.05, 4.69) is 5.32 Å². The zero-order valence-electron chi connectivity index (χ0n) is 12.9. The number of hydrogen-bond donors (Lipinski definition) is 2. The summed E-state index contributed by atoms with van der Waals surface area (Å²) in [5.74, 6) is -2.04. The molecule has 0 aliphatic heterocycles. The summed E-state index contributed by atoms with van der Waals surface area (Å²) in [6.45, 7) is 3.82. The first kappa shape index (κ1) is 17.8. The Morgan fingerprint density at radius 2 is 1.82 bits per heavy atom. The topological polar surface area (TPSA) is 98.5 Å². The zero-order chi connectivity index (χ0) is 16.5. The number of carbonyl (C=O) groups excluding carboxylic acids is 3. The standard InChI is InChI=1S/C16H22N2O4/c1-11(2)14(19)18-13(9-6-10-17)16(21)22-15(20)12-7-4-3-5-8-12/h3-5,7-8,11,13H,6,9-10,17H2,1-2H3,(H,18,19)/t13-/m0/s1. The maximum Gasteiger partial charge on any atom is 0.345 e. The van der Waals surface area contributed by atoms with E-state index < -0.39 is 18.0 Å². The quantitative estimate of drug-likeness (QED) is 0.583. The zero-order valence-corrected chi connectivity index (χ0v) is 12.9. The van der Waals surface area contributed by atoms with Crippen molar-refractivity contribution in [1.29, 1.82) is 0 Å². The van der Waals surface area contributed by atoms with Gasteiger partial charge in [-0.05, 0) is 31.5 Å². The summed E-state index contributed by atoms with van der Waals surface area (Å²) >= 11 is 0. The number of esters is 2. The molecule has 0 bridgehead atoms. The molecule has 1 amide bonds. The van der Waals surface area contributed by atoms with Gasteiger partial charge in [0, 0.05) is 5.92 Å². The van der Waals surface area contributed by atoms with E-state index in [1.165, 1.54) is 0 Å². The molecule has 6 heteroatoms. The first-order valence-corrected chi connectivity index (χ1v) is 7.27. The highest BCUT2D eigenvalue weighted by atomic mass is 16.6.